The van der Waals surface area contributed by atoms with E-state index in [-0.39, 0.29) is 24.9 Å². The van der Waals surface area contributed by atoms with E-state index < -0.39 is 0 Å². The lowest BCUT2D eigenvalue weighted by Gasteiger charge is -2.27. The number of nitrogens with zero attached hydrogens (tertiary/aromatic N) is 3. The molecule has 0 saturated carbocycles. The van der Waals surface area contributed by atoms with E-state index in [1.54, 1.807) is 29.2 Å². The fourth-order valence-corrected chi connectivity index (χ4v) is 3.57. The van der Waals surface area contributed by atoms with Gasteiger partial charge in [0.25, 0.3) is 5.91 Å². The van der Waals surface area contributed by atoms with Crippen molar-refractivity contribution in [2.75, 3.05) is 26.3 Å². The van der Waals surface area contributed by atoms with Crippen LogP contribution in [0.4, 0.5) is 0 Å². The van der Waals surface area contributed by atoms with Gasteiger partial charge in [-0.1, -0.05) is 29.8 Å². The third-order valence-corrected chi connectivity index (χ3v) is 5.12. The van der Waals surface area contributed by atoms with Crippen molar-refractivity contribution in [3.8, 4) is 0 Å². The zero-order valence-electron chi connectivity index (χ0n) is 15.8. The van der Waals surface area contributed by atoms with E-state index >= 15 is 0 Å². The van der Waals surface area contributed by atoms with E-state index in [0.717, 1.165) is 11.0 Å². The Morgan fingerprint density at radius 2 is 1.90 bits per heavy atom. The Hall–Kier alpha value is -2.90. The van der Waals surface area contributed by atoms with Crippen molar-refractivity contribution >= 4 is 34.4 Å². The first-order chi connectivity index (χ1) is 14.1. The third-order valence-electron chi connectivity index (χ3n) is 4.88. The quantitative estimate of drug-likeness (QED) is 0.698. The number of amides is 2. The highest BCUT2D eigenvalue weighted by molar-refractivity contribution is 6.30. The van der Waals surface area contributed by atoms with Gasteiger partial charge in [0.1, 0.15) is 12.4 Å². The van der Waals surface area contributed by atoms with Gasteiger partial charge in [-0.3, -0.25) is 9.59 Å². The lowest BCUT2D eigenvalue weighted by atomic mass is 10.2. The minimum Gasteiger partial charge on any atom is -0.378 e. The SMILES string of the molecule is O=C(NCc1nc2ccccc2n1CC(=O)N1CCOCC1)c1cccc(Cl)c1. The van der Waals surface area contributed by atoms with Crippen molar-refractivity contribution in [1.82, 2.24) is 19.8 Å². The molecule has 29 heavy (non-hydrogen) atoms. The van der Waals surface area contributed by atoms with Gasteiger partial charge in [-0.25, -0.2) is 4.98 Å². The average molecular weight is 413 g/mol. The summed E-state index contributed by atoms with van der Waals surface area (Å²) in [5.74, 6) is 0.396. The number of carbonyl (C=O) groups excluding carboxylic acids is 2. The number of hydrogen-bond donors (Lipinski definition) is 1. The summed E-state index contributed by atoms with van der Waals surface area (Å²) in [6, 6.07) is 14.4. The Bertz CT molecular complexity index is 1040. The number of benzene rings is 2. The van der Waals surface area contributed by atoms with Gasteiger partial charge in [0, 0.05) is 23.7 Å². The molecular weight excluding hydrogens is 392 g/mol. The standard InChI is InChI=1S/C21H21ClN4O3/c22-16-5-3-4-15(12-16)21(28)23-13-19-24-17-6-1-2-7-18(17)26(19)14-20(27)25-8-10-29-11-9-25/h1-7,12H,8-11,13-14H2,(H,23,28). The molecule has 2 amide bonds. The van der Waals surface area contributed by atoms with E-state index in [1.807, 2.05) is 28.8 Å². The van der Waals surface area contributed by atoms with Gasteiger partial charge in [0.2, 0.25) is 5.91 Å². The molecule has 0 unspecified atom stereocenters. The number of aromatic nitrogens is 2. The van der Waals surface area contributed by atoms with E-state index in [1.165, 1.54) is 0 Å². The van der Waals surface area contributed by atoms with Crippen molar-refractivity contribution < 1.29 is 14.3 Å². The number of halogens is 1. The molecule has 0 spiro atoms. The maximum absolute atomic E-state index is 12.8. The first kappa shape index (κ1) is 19.4. The number of imidazole rings is 1. The van der Waals surface area contributed by atoms with Crippen molar-refractivity contribution in [3.63, 3.8) is 0 Å². The number of rotatable bonds is 5. The monoisotopic (exact) mass is 412 g/mol. The number of morpholine rings is 1. The molecule has 2 aromatic carbocycles. The number of hydrogen-bond acceptors (Lipinski definition) is 4. The maximum atomic E-state index is 12.8. The second-order valence-electron chi connectivity index (χ2n) is 6.79. The third kappa shape index (κ3) is 4.41. The van der Waals surface area contributed by atoms with Crippen LogP contribution in [0.5, 0.6) is 0 Å². The zero-order chi connectivity index (χ0) is 20.2. The molecule has 8 heteroatoms. The summed E-state index contributed by atoms with van der Waals surface area (Å²) in [6.07, 6.45) is 0. The fourth-order valence-electron chi connectivity index (χ4n) is 3.38. The fraction of sp³-hybridized carbons (Fsp3) is 0.286. The Balaban J connectivity index is 1.54. The Kier molecular flexibility index (Phi) is 5.78. The molecule has 7 nitrogen and oxygen atoms in total. The summed E-state index contributed by atoms with van der Waals surface area (Å²) in [4.78, 5) is 31.7. The Labute approximate surface area is 173 Å². The number of fused-ring (bicyclic) bond motifs is 1. The summed E-state index contributed by atoms with van der Waals surface area (Å²) in [5, 5.41) is 3.37. The van der Waals surface area contributed by atoms with Crippen LogP contribution < -0.4 is 5.32 Å². The minimum atomic E-state index is -0.245. The smallest absolute Gasteiger partial charge is 0.251 e. The molecule has 3 aromatic rings. The van der Waals surface area contributed by atoms with Crippen LogP contribution in [0.2, 0.25) is 5.02 Å². The molecule has 150 valence electrons. The van der Waals surface area contributed by atoms with Crippen molar-refractivity contribution in [2.24, 2.45) is 0 Å². The van der Waals surface area contributed by atoms with Crippen LogP contribution >= 0.6 is 11.6 Å². The lowest BCUT2D eigenvalue weighted by Crippen LogP contribution is -2.42. The van der Waals surface area contributed by atoms with Crippen LogP contribution in [-0.2, 0) is 22.6 Å². The number of ether oxygens (including phenoxy) is 1. The minimum absolute atomic E-state index is 0.0128. The highest BCUT2D eigenvalue weighted by Gasteiger charge is 2.20. The van der Waals surface area contributed by atoms with Crippen LogP contribution in [0.15, 0.2) is 48.5 Å². The highest BCUT2D eigenvalue weighted by Crippen LogP contribution is 2.17. The summed E-state index contributed by atoms with van der Waals surface area (Å²) in [5.41, 5.74) is 2.12. The van der Waals surface area contributed by atoms with Crippen molar-refractivity contribution in [2.45, 2.75) is 13.1 Å². The molecule has 1 aliphatic heterocycles. The molecular formula is C21H21ClN4O3. The van der Waals surface area contributed by atoms with Crippen LogP contribution in [0.1, 0.15) is 16.2 Å². The van der Waals surface area contributed by atoms with Gasteiger partial charge < -0.3 is 19.5 Å². The first-order valence-electron chi connectivity index (χ1n) is 9.45. The molecule has 0 radical (unpaired) electrons. The molecule has 1 aliphatic rings. The predicted molar refractivity (Wildman–Crippen MR) is 110 cm³/mol. The average Bonchev–Trinajstić information content (AvgIpc) is 3.10. The molecule has 4 rings (SSSR count). The second kappa shape index (κ2) is 8.63. The van der Waals surface area contributed by atoms with Crippen LogP contribution in [0, 0.1) is 0 Å². The largest absolute Gasteiger partial charge is 0.378 e. The highest BCUT2D eigenvalue weighted by atomic mass is 35.5. The van der Waals surface area contributed by atoms with E-state index in [2.05, 4.69) is 10.3 Å². The second-order valence-corrected chi connectivity index (χ2v) is 7.23. The molecule has 0 atom stereocenters. The topological polar surface area (TPSA) is 76.5 Å². The maximum Gasteiger partial charge on any atom is 0.251 e. The number of para-hydroxylation sites is 2. The molecule has 0 aliphatic carbocycles. The van der Waals surface area contributed by atoms with Gasteiger partial charge >= 0.3 is 0 Å². The van der Waals surface area contributed by atoms with Crippen LogP contribution in [-0.4, -0.2) is 52.6 Å². The first-order valence-corrected chi connectivity index (χ1v) is 9.83. The summed E-state index contributed by atoms with van der Waals surface area (Å²) < 4.78 is 7.19. The van der Waals surface area contributed by atoms with Crippen molar-refractivity contribution in [3.05, 3.63) is 64.9 Å². The molecule has 1 saturated heterocycles. The van der Waals surface area contributed by atoms with Gasteiger partial charge in [-0.15, -0.1) is 0 Å². The van der Waals surface area contributed by atoms with Gasteiger partial charge in [0.05, 0.1) is 30.8 Å². The van der Waals surface area contributed by atoms with Gasteiger partial charge in [0.15, 0.2) is 0 Å². The Morgan fingerprint density at radius 3 is 2.69 bits per heavy atom. The predicted octanol–water partition coefficient (Wildman–Crippen LogP) is 2.48. The molecule has 1 fully saturated rings. The molecule has 1 aromatic heterocycles. The number of carbonyl (C=O) groups is 2. The van der Waals surface area contributed by atoms with E-state index in [0.29, 0.717) is 42.7 Å². The molecule has 1 N–H and O–H groups in total. The van der Waals surface area contributed by atoms with Crippen molar-refractivity contribution in [1.29, 1.82) is 0 Å². The number of nitrogens with one attached hydrogen (secondary N) is 1. The van der Waals surface area contributed by atoms with Gasteiger partial charge in [-0.2, -0.15) is 0 Å². The Morgan fingerprint density at radius 1 is 1.10 bits per heavy atom. The lowest BCUT2D eigenvalue weighted by molar-refractivity contribution is -0.135. The van der Waals surface area contributed by atoms with E-state index in [9.17, 15) is 9.59 Å². The molecule has 2 heterocycles. The summed E-state index contributed by atoms with van der Waals surface area (Å²) in [6.45, 7) is 2.66. The molecule has 0 bridgehead atoms. The summed E-state index contributed by atoms with van der Waals surface area (Å²) >= 11 is 5.97. The summed E-state index contributed by atoms with van der Waals surface area (Å²) in [7, 11) is 0. The van der Waals surface area contributed by atoms with Crippen LogP contribution in [0.3, 0.4) is 0 Å². The van der Waals surface area contributed by atoms with E-state index in [4.69, 9.17) is 16.3 Å². The zero-order valence-corrected chi connectivity index (χ0v) is 16.6. The van der Waals surface area contributed by atoms with Crippen LogP contribution in [0.25, 0.3) is 11.0 Å². The normalized spacial score (nSPS) is 14.2. The van der Waals surface area contributed by atoms with Gasteiger partial charge in [-0.05, 0) is 30.3 Å².